The third-order valence-corrected chi connectivity index (χ3v) is 5.01. The monoisotopic (exact) mass is 328 g/mol. The van der Waals surface area contributed by atoms with Crippen LogP contribution in [0.15, 0.2) is 40.9 Å². The number of furan rings is 1. The van der Waals surface area contributed by atoms with Crippen LogP contribution in [-0.4, -0.2) is 41.8 Å². The van der Waals surface area contributed by atoms with Gasteiger partial charge in [-0.05, 0) is 43.9 Å². The van der Waals surface area contributed by atoms with Gasteiger partial charge in [0.1, 0.15) is 11.5 Å². The van der Waals surface area contributed by atoms with Gasteiger partial charge in [0.05, 0.1) is 25.9 Å². The van der Waals surface area contributed by atoms with Crippen molar-refractivity contribution >= 4 is 0 Å². The molecular formula is C19H24N2O3. The maximum Gasteiger partial charge on any atom is 0.213 e. The van der Waals surface area contributed by atoms with Gasteiger partial charge in [-0.1, -0.05) is 6.07 Å². The van der Waals surface area contributed by atoms with Crippen LogP contribution in [0.1, 0.15) is 24.4 Å². The van der Waals surface area contributed by atoms with E-state index in [9.17, 15) is 0 Å². The minimum atomic E-state index is 0.312. The Kier molecular flexibility index (Phi) is 4.54. The minimum absolute atomic E-state index is 0.312. The summed E-state index contributed by atoms with van der Waals surface area (Å²) in [4.78, 5) is 6.73. The lowest BCUT2D eigenvalue weighted by Gasteiger charge is -2.37. The Balaban J connectivity index is 1.35. The first-order valence-corrected chi connectivity index (χ1v) is 8.73. The topological polar surface area (TPSA) is 47.7 Å². The lowest BCUT2D eigenvalue weighted by Crippen LogP contribution is -2.47. The van der Waals surface area contributed by atoms with Crippen molar-refractivity contribution in [3.63, 3.8) is 0 Å². The number of aryl methyl sites for hydroxylation is 1. The second kappa shape index (κ2) is 6.95. The first-order chi connectivity index (χ1) is 11.8. The molecule has 0 radical (unpaired) electrons. The van der Waals surface area contributed by atoms with Crippen molar-refractivity contribution < 1.29 is 13.9 Å². The first kappa shape index (κ1) is 15.7. The number of fused-ring (bicyclic) bond motifs is 1. The van der Waals surface area contributed by atoms with Gasteiger partial charge >= 0.3 is 0 Å². The van der Waals surface area contributed by atoms with Crippen molar-refractivity contribution in [2.24, 2.45) is 5.92 Å². The average molecular weight is 328 g/mol. The van der Waals surface area contributed by atoms with Gasteiger partial charge in [0.25, 0.3) is 0 Å². The van der Waals surface area contributed by atoms with E-state index in [0.29, 0.717) is 30.6 Å². The fourth-order valence-electron chi connectivity index (χ4n) is 3.86. The lowest BCUT2D eigenvalue weighted by molar-refractivity contribution is -0.0608. The van der Waals surface area contributed by atoms with E-state index >= 15 is 0 Å². The highest BCUT2D eigenvalue weighted by atomic mass is 16.5. The number of aromatic nitrogens is 1. The molecular weight excluding hydrogens is 304 g/mol. The Morgan fingerprint density at radius 3 is 3.00 bits per heavy atom. The van der Waals surface area contributed by atoms with Crippen molar-refractivity contribution in [3.8, 4) is 5.88 Å². The number of hydrogen-bond donors (Lipinski definition) is 0. The summed E-state index contributed by atoms with van der Waals surface area (Å²) in [5.74, 6) is 3.24. The minimum Gasteiger partial charge on any atom is -0.477 e. The molecule has 3 heterocycles. The van der Waals surface area contributed by atoms with Gasteiger partial charge in [-0.2, -0.15) is 0 Å². The molecule has 0 N–H and O–H groups in total. The van der Waals surface area contributed by atoms with Gasteiger partial charge in [-0.3, -0.25) is 4.90 Å². The average Bonchev–Trinajstić information content (AvgIpc) is 3.20. The van der Waals surface area contributed by atoms with Crippen LogP contribution in [0.25, 0.3) is 0 Å². The maximum absolute atomic E-state index is 6.01. The van der Waals surface area contributed by atoms with Crippen molar-refractivity contribution in [1.82, 2.24) is 9.88 Å². The van der Waals surface area contributed by atoms with Crippen LogP contribution < -0.4 is 4.74 Å². The van der Waals surface area contributed by atoms with Crippen molar-refractivity contribution in [2.75, 3.05) is 19.8 Å². The van der Waals surface area contributed by atoms with Gasteiger partial charge in [0, 0.05) is 24.8 Å². The van der Waals surface area contributed by atoms with E-state index in [-0.39, 0.29) is 0 Å². The molecule has 2 fully saturated rings. The lowest BCUT2D eigenvalue weighted by atomic mass is 10.1. The Labute approximate surface area is 142 Å². The Hall–Kier alpha value is -1.85. The highest BCUT2D eigenvalue weighted by Crippen LogP contribution is 2.35. The number of hydrogen-bond acceptors (Lipinski definition) is 5. The Morgan fingerprint density at radius 2 is 2.21 bits per heavy atom. The fourth-order valence-corrected chi connectivity index (χ4v) is 3.86. The van der Waals surface area contributed by atoms with Crippen LogP contribution in [-0.2, 0) is 11.3 Å². The number of morpholine rings is 1. The molecule has 2 aliphatic rings. The third kappa shape index (κ3) is 3.47. The van der Waals surface area contributed by atoms with Crippen LogP contribution in [0.2, 0.25) is 0 Å². The molecule has 0 spiro atoms. The number of ether oxygens (including phenoxy) is 2. The largest absolute Gasteiger partial charge is 0.477 e. The van der Waals surface area contributed by atoms with Crippen LogP contribution >= 0.6 is 0 Å². The summed E-state index contributed by atoms with van der Waals surface area (Å²) in [5, 5.41) is 0. The van der Waals surface area contributed by atoms with Gasteiger partial charge < -0.3 is 13.9 Å². The number of nitrogens with zero attached hydrogens (tertiary/aromatic N) is 2. The first-order valence-electron chi connectivity index (χ1n) is 8.73. The SMILES string of the molecule is Cc1ccc(CN2CCO[C@@H]3C[C@H](COc4ccccn4)C[C@H]32)o1. The molecule has 0 amide bonds. The van der Waals surface area contributed by atoms with Crippen molar-refractivity contribution in [1.29, 1.82) is 0 Å². The molecule has 24 heavy (non-hydrogen) atoms. The van der Waals surface area contributed by atoms with Crippen molar-refractivity contribution in [2.45, 2.75) is 38.5 Å². The third-order valence-electron chi connectivity index (χ3n) is 5.01. The highest BCUT2D eigenvalue weighted by Gasteiger charge is 2.41. The summed E-state index contributed by atoms with van der Waals surface area (Å²) >= 11 is 0. The molecule has 1 saturated heterocycles. The zero-order valence-corrected chi connectivity index (χ0v) is 14.1. The van der Waals surface area contributed by atoms with Crippen molar-refractivity contribution in [3.05, 3.63) is 48.0 Å². The summed E-state index contributed by atoms with van der Waals surface area (Å²) in [6.07, 6.45) is 4.25. The van der Waals surface area contributed by atoms with E-state index in [4.69, 9.17) is 13.9 Å². The predicted molar refractivity (Wildman–Crippen MR) is 89.8 cm³/mol. The Bertz CT molecular complexity index is 658. The smallest absolute Gasteiger partial charge is 0.213 e. The van der Waals surface area contributed by atoms with E-state index < -0.39 is 0 Å². The van der Waals surface area contributed by atoms with E-state index in [2.05, 4.69) is 16.0 Å². The van der Waals surface area contributed by atoms with Crippen LogP contribution in [0.4, 0.5) is 0 Å². The van der Waals surface area contributed by atoms with Crippen LogP contribution in [0, 0.1) is 12.8 Å². The zero-order chi connectivity index (χ0) is 16.4. The second-order valence-corrected chi connectivity index (χ2v) is 6.78. The molecule has 4 rings (SSSR count). The standard InChI is InChI=1S/C19H24N2O3/c1-14-5-6-16(24-14)12-21-8-9-22-18-11-15(10-17(18)21)13-23-19-4-2-3-7-20-19/h2-7,15,17-18H,8-13H2,1H3/t15-,17-,18-/m1/s1. The van der Waals surface area contributed by atoms with Gasteiger partial charge in [0.2, 0.25) is 5.88 Å². The van der Waals surface area contributed by atoms with E-state index in [0.717, 1.165) is 44.1 Å². The number of rotatable bonds is 5. The summed E-state index contributed by atoms with van der Waals surface area (Å²) in [6, 6.07) is 10.3. The van der Waals surface area contributed by atoms with E-state index in [1.807, 2.05) is 31.2 Å². The molecule has 0 aromatic carbocycles. The van der Waals surface area contributed by atoms with E-state index in [1.54, 1.807) is 6.20 Å². The molecule has 2 aromatic rings. The van der Waals surface area contributed by atoms with Gasteiger partial charge in [-0.25, -0.2) is 4.98 Å². The second-order valence-electron chi connectivity index (χ2n) is 6.78. The normalized spacial score (nSPS) is 27.1. The summed E-state index contributed by atoms with van der Waals surface area (Å²) < 4.78 is 17.6. The molecule has 0 unspecified atom stereocenters. The summed E-state index contributed by atoms with van der Waals surface area (Å²) in [5.41, 5.74) is 0. The molecule has 5 nitrogen and oxygen atoms in total. The molecule has 1 saturated carbocycles. The molecule has 1 aliphatic carbocycles. The van der Waals surface area contributed by atoms with Crippen LogP contribution in [0.3, 0.4) is 0 Å². The predicted octanol–water partition coefficient (Wildman–Crippen LogP) is 3.04. The summed E-state index contributed by atoms with van der Waals surface area (Å²) in [6.45, 7) is 5.34. The zero-order valence-electron chi connectivity index (χ0n) is 14.1. The fraction of sp³-hybridized carbons (Fsp3) is 0.526. The quantitative estimate of drug-likeness (QED) is 0.844. The molecule has 1 aliphatic heterocycles. The molecule has 128 valence electrons. The van der Waals surface area contributed by atoms with E-state index in [1.165, 1.54) is 0 Å². The highest BCUT2D eigenvalue weighted by molar-refractivity contribution is 5.09. The van der Waals surface area contributed by atoms with Gasteiger partial charge in [-0.15, -0.1) is 0 Å². The van der Waals surface area contributed by atoms with Crippen LogP contribution in [0.5, 0.6) is 5.88 Å². The molecule has 3 atom stereocenters. The summed E-state index contributed by atoms with van der Waals surface area (Å²) in [7, 11) is 0. The number of pyridine rings is 1. The maximum atomic E-state index is 6.01. The molecule has 5 heteroatoms. The molecule has 2 aromatic heterocycles. The molecule has 0 bridgehead atoms. The van der Waals surface area contributed by atoms with Gasteiger partial charge in [0.15, 0.2) is 0 Å². The Morgan fingerprint density at radius 1 is 1.25 bits per heavy atom.